The third-order valence-corrected chi connectivity index (χ3v) is 5.78. The third-order valence-electron chi connectivity index (χ3n) is 2.63. The highest BCUT2D eigenvalue weighted by Crippen LogP contribution is 2.27. The summed E-state index contributed by atoms with van der Waals surface area (Å²) in [5, 5.41) is 18.0. The maximum atomic E-state index is 12.3. The van der Waals surface area contributed by atoms with Crippen LogP contribution < -0.4 is 0 Å². The number of hydrogen-bond donors (Lipinski definition) is 2. The maximum absolute atomic E-state index is 12.3. The summed E-state index contributed by atoms with van der Waals surface area (Å²) in [7, 11) is -2.30. The Hall–Kier alpha value is -0.960. The number of aromatic carboxylic acids is 1. The van der Waals surface area contributed by atoms with E-state index in [2.05, 4.69) is 0 Å². The van der Waals surface area contributed by atoms with Gasteiger partial charge in [0, 0.05) is 18.5 Å². The quantitative estimate of drug-likeness (QED) is 0.822. The zero-order valence-corrected chi connectivity index (χ0v) is 12.6. The van der Waals surface area contributed by atoms with Gasteiger partial charge in [-0.2, -0.15) is 0 Å². The first kappa shape index (κ1) is 16.1. The number of carbonyl (C=O) groups is 1. The largest absolute Gasteiger partial charge is 0.477 e. The van der Waals surface area contributed by atoms with Crippen LogP contribution in [-0.4, -0.2) is 48.6 Å². The van der Waals surface area contributed by atoms with Crippen molar-refractivity contribution in [3.8, 4) is 0 Å². The van der Waals surface area contributed by atoms with E-state index >= 15 is 0 Å². The molecule has 0 saturated carbocycles. The van der Waals surface area contributed by atoms with Gasteiger partial charge in [0.2, 0.25) is 10.0 Å². The van der Waals surface area contributed by atoms with Gasteiger partial charge in [-0.15, -0.1) is 11.3 Å². The van der Waals surface area contributed by atoms with Crippen LogP contribution in [0.3, 0.4) is 0 Å². The van der Waals surface area contributed by atoms with E-state index in [0.29, 0.717) is 11.3 Å². The van der Waals surface area contributed by atoms with Crippen LogP contribution in [0.4, 0.5) is 0 Å². The number of thiophene rings is 1. The smallest absolute Gasteiger partial charge is 0.345 e. The predicted octanol–water partition coefficient (Wildman–Crippen LogP) is 1.15. The fraction of sp³-hybridized carbons (Fsp3) is 0.545. The lowest BCUT2D eigenvalue weighted by atomic mass is 10.3. The number of carboxylic acids is 1. The van der Waals surface area contributed by atoms with Crippen molar-refractivity contribution in [3.05, 3.63) is 15.8 Å². The van der Waals surface area contributed by atoms with Gasteiger partial charge in [-0.1, -0.05) is 0 Å². The number of aryl methyl sites for hydroxylation is 1. The van der Waals surface area contributed by atoms with E-state index in [1.54, 1.807) is 13.8 Å². The molecule has 1 unspecified atom stereocenters. The van der Waals surface area contributed by atoms with E-state index in [4.69, 9.17) is 5.11 Å². The lowest BCUT2D eigenvalue weighted by molar-refractivity contribution is 0.0702. The standard InChI is InChI=1S/C11H17NO5S2/c1-7(13)4-5-12(3)19(16,17)10-6-9(11(14)15)18-8(10)2/h6-7,13H,4-5H2,1-3H3,(H,14,15). The van der Waals surface area contributed by atoms with Gasteiger partial charge in [-0.05, 0) is 26.3 Å². The molecule has 0 fully saturated rings. The number of sulfonamides is 1. The molecule has 0 spiro atoms. The molecule has 2 N–H and O–H groups in total. The summed E-state index contributed by atoms with van der Waals surface area (Å²) in [6.07, 6.45) is -0.263. The monoisotopic (exact) mass is 307 g/mol. The van der Waals surface area contributed by atoms with E-state index in [0.717, 1.165) is 15.6 Å². The Morgan fingerprint density at radius 1 is 1.53 bits per heavy atom. The van der Waals surface area contributed by atoms with Crippen molar-refractivity contribution in [1.82, 2.24) is 4.31 Å². The van der Waals surface area contributed by atoms with Gasteiger partial charge in [0.05, 0.1) is 11.0 Å². The topological polar surface area (TPSA) is 94.9 Å². The van der Waals surface area contributed by atoms with Gasteiger partial charge in [0.15, 0.2) is 0 Å². The number of carboxylic acid groups (broad SMARTS) is 1. The van der Waals surface area contributed by atoms with Crippen molar-refractivity contribution in [2.45, 2.75) is 31.3 Å². The fourth-order valence-electron chi connectivity index (χ4n) is 1.48. The summed E-state index contributed by atoms with van der Waals surface area (Å²) in [5.41, 5.74) is 0. The Kier molecular flexibility index (Phi) is 5.08. The Bertz CT molecular complexity index is 562. The van der Waals surface area contributed by atoms with Crippen LogP contribution in [0.15, 0.2) is 11.0 Å². The van der Waals surface area contributed by atoms with Crippen LogP contribution in [0.25, 0.3) is 0 Å². The van der Waals surface area contributed by atoms with Crippen molar-refractivity contribution >= 4 is 27.3 Å². The molecule has 1 atom stereocenters. The zero-order valence-electron chi connectivity index (χ0n) is 11.0. The van der Waals surface area contributed by atoms with Gasteiger partial charge in [0.25, 0.3) is 0 Å². The number of aliphatic hydroxyl groups excluding tert-OH is 1. The van der Waals surface area contributed by atoms with Crippen molar-refractivity contribution in [2.24, 2.45) is 0 Å². The number of aliphatic hydroxyl groups is 1. The van der Waals surface area contributed by atoms with Gasteiger partial charge < -0.3 is 10.2 Å². The van der Waals surface area contributed by atoms with E-state index < -0.39 is 22.1 Å². The molecule has 19 heavy (non-hydrogen) atoms. The zero-order chi connectivity index (χ0) is 14.8. The number of hydrogen-bond acceptors (Lipinski definition) is 5. The fourth-order valence-corrected chi connectivity index (χ4v) is 4.06. The average molecular weight is 307 g/mol. The van der Waals surface area contributed by atoms with Crippen molar-refractivity contribution in [3.63, 3.8) is 0 Å². The Morgan fingerprint density at radius 2 is 2.11 bits per heavy atom. The summed E-state index contributed by atoms with van der Waals surface area (Å²) in [5.74, 6) is -1.14. The second-order valence-corrected chi connectivity index (χ2v) is 7.57. The number of rotatable bonds is 6. The minimum atomic E-state index is -3.71. The van der Waals surface area contributed by atoms with Crippen LogP contribution in [0.5, 0.6) is 0 Å². The van der Waals surface area contributed by atoms with Crippen LogP contribution in [0.2, 0.25) is 0 Å². The molecule has 0 aromatic carbocycles. The molecule has 1 heterocycles. The molecule has 0 saturated heterocycles. The predicted molar refractivity (Wildman–Crippen MR) is 72.1 cm³/mol. The highest BCUT2D eigenvalue weighted by Gasteiger charge is 2.26. The second kappa shape index (κ2) is 6.00. The normalized spacial score (nSPS) is 13.7. The highest BCUT2D eigenvalue weighted by molar-refractivity contribution is 7.89. The van der Waals surface area contributed by atoms with E-state index in [1.165, 1.54) is 13.1 Å². The molecular formula is C11H17NO5S2. The Labute approximate surface area is 116 Å². The summed E-state index contributed by atoms with van der Waals surface area (Å²) >= 11 is 0.936. The van der Waals surface area contributed by atoms with E-state index in [9.17, 15) is 18.3 Å². The minimum absolute atomic E-state index is 0.00000115. The lowest BCUT2D eigenvalue weighted by Gasteiger charge is -2.17. The molecular weight excluding hydrogens is 290 g/mol. The SMILES string of the molecule is Cc1sc(C(=O)O)cc1S(=O)(=O)N(C)CCC(C)O. The van der Waals surface area contributed by atoms with E-state index in [1.807, 2.05) is 0 Å². The van der Waals surface area contributed by atoms with Crippen molar-refractivity contribution in [2.75, 3.05) is 13.6 Å². The highest BCUT2D eigenvalue weighted by atomic mass is 32.2. The third kappa shape index (κ3) is 3.75. The molecule has 6 nitrogen and oxygen atoms in total. The summed E-state index contributed by atoms with van der Waals surface area (Å²) < 4.78 is 25.6. The maximum Gasteiger partial charge on any atom is 0.345 e. The molecule has 8 heteroatoms. The summed E-state index contributed by atoms with van der Waals surface area (Å²) in [4.78, 5) is 11.3. The molecule has 0 radical (unpaired) electrons. The van der Waals surface area contributed by atoms with Crippen molar-refractivity contribution in [1.29, 1.82) is 0 Å². The first-order valence-electron chi connectivity index (χ1n) is 5.64. The first-order valence-corrected chi connectivity index (χ1v) is 7.90. The molecule has 0 aliphatic rings. The van der Waals surface area contributed by atoms with Gasteiger partial charge >= 0.3 is 5.97 Å². The van der Waals surface area contributed by atoms with Crippen LogP contribution in [0.1, 0.15) is 27.9 Å². The van der Waals surface area contributed by atoms with Crippen molar-refractivity contribution < 1.29 is 23.4 Å². The molecule has 1 aromatic heterocycles. The average Bonchev–Trinajstić information content (AvgIpc) is 2.68. The molecule has 0 bridgehead atoms. The lowest BCUT2D eigenvalue weighted by Crippen LogP contribution is -2.29. The van der Waals surface area contributed by atoms with Gasteiger partial charge in [0.1, 0.15) is 4.88 Å². The molecule has 0 aliphatic heterocycles. The van der Waals surface area contributed by atoms with E-state index in [-0.39, 0.29) is 16.3 Å². The second-order valence-electron chi connectivity index (χ2n) is 4.30. The molecule has 1 aromatic rings. The molecule has 0 amide bonds. The summed E-state index contributed by atoms with van der Waals surface area (Å²) in [6, 6.07) is 1.18. The number of nitrogens with zero attached hydrogens (tertiary/aromatic N) is 1. The first-order chi connectivity index (χ1) is 8.66. The minimum Gasteiger partial charge on any atom is -0.477 e. The Morgan fingerprint density at radius 3 is 2.53 bits per heavy atom. The molecule has 0 aliphatic carbocycles. The van der Waals surface area contributed by atoms with Gasteiger partial charge in [-0.3, -0.25) is 0 Å². The van der Waals surface area contributed by atoms with Crippen LogP contribution in [0, 0.1) is 6.92 Å². The Balaban J connectivity index is 3.03. The van der Waals surface area contributed by atoms with Crippen LogP contribution >= 0.6 is 11.3 Å². The summed E-state index contributed by atoms with van der Waals surface area (Å²) in [6.45, 7) is 3.34. The van der Waals surface area contributed by atoms with Crippen LogP contribution in [-0.2, 0) is 10.0 Å². The van der Waals surface area contributed by atoms with Gasteiger partial charge in [-0.25, -0.2) is 17.5 Å². The molecule has 1 rings (SSSR count). The molecule has 108 valence electrons.